The first-order valence-electron chi connectivity index (χ1n) is 14.2. The van der Waals surface area contributed by atoms with E-state index in [1.54, 1.807) is 18.3 Å². The average Bonchev–Trinajstić information content (AvgIpc) is 3.45. The molecule has 0 bridgehead atoms. The third-order valence-electron chi connectivity index (χ3n) is 6.14. The molecule has 7 aromatic rings. The minimum absolute atomic E-state index is 0. The summed E-state index contributed by atoms with van der Waals surface area (Å²) in [7, 11) is 0. The van der Waals surface area contributed by atoms with Crippen LogP contribution in [-0.4, -0.2) is 9.97 Å². The van der Waals surface area contributed by atoms with Crippen molar-refractivity contribution in [2.75, 3.05) is 0 Å². The standard InChI is InChI=1S/C24H13N2O.C11H8N.Ir/c25-15-17-12-13-19-18-9-6-10-20(21-11-4-5-14-26-21)23(18)27-24(19)22(17)16-7-2-1-3-8-16;1-2-6-10(7-3-1)11-8-4-5-9-12-11;/h1-9,11-14H;1-6,8-9H;/q2*-1;/i4D,5D,11D,14D;;. The van der Waals surface area contributed by atoms with E-state index >= 15 is 0 Å². The number of fused-ring (bicyclic) bond motifs is 3. The molecule has 4 nitrogen and oxygen atoms in total. The minimum Gasteiger partial charge on any atom is -0.500 e. The Morgan fingerprint density at radius 2 is 1.57 bits per heavy atom. The molecule has 0 aliphatic heterocycles. The molecular formula is C35H21IrN3O-2. The summed E-state index contributed by atoms with van der Waals surface area (Å²) in [5, 5.41) is 11.2. The van der Waals surface area contributed by atoms with Crippen molar-refractivity contribution < 1.29 is 30.0 Å². The summed E-state index contributed by atoms with van der Waals surface area (Å²) in [6.07, 6.45) is 1.41. The summed E-state index contributed by atoms with van der Waals surface area (Å²) in [5.41, 5.74) is 5.35. The summed E-state index contributed by atoms with van der Waals surface area (Å²) in [4.78, 5) is 8.28. The van der Waals surface area contributed by atoms with Crippen molar-refractivity contribution in [2.24, 2.45) is 0 Å². The molecule has 0 fully saturated rings. The van der Waals surface area contributed by atoms with Gasteiger partial charge in [-0.15, -0.1) is 54.1 Å². The van der Waals surface area contributed by atoms with Crippen LogP contribution in [0.25, 0.3) is 55.6 Å². The Hall–Kier alpha value is -4.88. The molecule has 193 valence electrons. The Labute approximate surface area is 251 Å². The second-order valence-corrected chi connectivity index (χ2v) is 8.48. The minimum atomic E-state index is -0.393. The predicted octanol–water partition coefficient (Wildman–Crippen LogP) is 8.53. The first-order valence-corrected chi connectivity index (χ1v) is 12.2. The Bertz CT molecular complexity index is 2090. The van der Waals surface area contributed by atoms with Crippen molar-refractivity contribution in [3.05, 3.63) is 145 Å². The molecule has 40 heavy (non-hydrogen) atoms. The monoisotopic (exact) mass is 696 g/mol. The van der Waals surface area contributed by atoms with Crippen molar-refractivity contribution in [2.45, 2.75) is 0 Å². The molecule has 0 saturated carbocycles. The van der Waals surface area contributed by atoms with E-state index in [1.165, 1.54) is 0 Å². The third-order valence-corrected chi connectivity index (χ3v) is 6.14. The maximum absolute atomic E-state index is 9.68. The smallest absolute Gasteiger partial charge is 0.130 e. The zero-order valence-electron chi connectivity index (χ0n) is 24.9. The van der Waals surface area contributed by atoms with E-state index in [0.29, 0.717) is 27.9 Å². The van der Waals surface area contributed by atoms with Crippen LogP contribution in [0.15, 0.2) is 132 Å². The van der Waals surface area contributed by atoms with Gasteiger partial charge in [0.15, 0.2) is 0 Å². The van der Waals surface area contributed by atoms with Gasteiger partial charge in [0.2, 0.25) is 0 Å². The van der Waals surface area contributed by atoms with E-state index in [1.807, 2.05) is 84.9 Å². The zero-order valence-corrected chi connectivity index (χ0v) is 23.3. The third kappa shape index (κ3) is 5.32. The molecule has 7 rings (SSSR count). The van der Waals surface area contributed by atoms with E-state index in [4.69, 9.17) is 9.90 Å². The molecule has 0 saturated heterocycles. The van der Waals surface area contributed by atoms with Gasteiger partial charge in [0.1, 0.15) is 5.58 Å². The fraction of sp³-hybridized carbons (Fsp3) is 0. The van der Waals surface area contributed by atoms with Crippen LogP contribution in [-0.2, 0) is 20.1 Å². The van der Waals surface area contributed by atoms with Gasteiger partial charge in [0.25, 0.3) is 0 Å². The second-order valence-electron chi connectivity index (χ2n) is 8.48. The van der Waals surface area contributed by atoms with Crippen molar-refractivity contribution in [3.63, 3.8) is 0 Å². The van der Waals surface area contributed by atoms with Crippen LogP contribution in [0.2, 0.25) is 0 Å². The van der Waals surface area contributed by atoms with Gasteiger partial charge in [-0.05, 0) is 35.1 Å². The van der Waals surface area contributed by atoms with Gasteiger partial charge in [0.05, 0.1) is 22.7 Å². The van der Waals surface area contributed by atoms with Gasteiger partial charge < -0.3 is 14.4 Å². The van der Waals surface area contributed by atoms with Crippen LogP contribution < -0.4 is 0 Å². The van der Waals surface area contributed by atoms with E-state index in [0.717, 1.165) is 27.6 Å². The predicted molar refractivity (Wildman–Crippen MR) is 154 cm³/mol. The molecule has 5 heteroatoms. The number of hydrogen-bond acceptors (Lipinski definition) is 4. The Kier molecular flexibility index (Phi) is 6.77. The van der Waals surface area contributed by atoms with Crippen molar-refractivity contribution >= 4 is 21.9 Å². The first-order chi connectivity index (χ1) is 21.0. The number of hydrogen-bond donors (Lipinski definition) is 0. The van der Waals surface area contributed by atoms with Gasteiger partial charge in [-0.3, -0.25) is 0 Å². The number of nitrogens with zero attached hydrogens (tertiary/aromatic N) is 3. The van der Waals surface area contributed by atoms with Crippen LogP contribution in [0.4, 0.5) is 0 Å². The maximum atomic E-state index is 9.68. The molecule has 0 aliphatic carbocycles. The summed E-state index contributed by atoms with van der Waals surface area (Å²) < 4.78 is 38.1. The molecule has 3 aromatic heterocycles. The SMILES string of the molecule is [2H]c1nc(-c2[c-]ccc3c2oc2c(-c4ccccc4)c(C#N)ccc23)c([2H])c([2H])c1[2H].[Ir].[c-]1ccccc1-c1ccccn1. The van der Waals surface area contributed by atoms with E-state index in [2.05, 4.69) is 28.2 Å². The molecule has 0 spiro atoms. The van der Waals surface area contributed by atoms with Crippen molar-refractivity contribution in [3.8, 4) is 39.7 Å². The van der Waals surface area contributed by atoms with Crippen LogP contribution >= 0.6 is 0 Å². The van der Waals surface area contributed by atoms with Crippen molar-refractivity contribution in [1.29, 1.82) is 5.26 Å². The maximum Gasteiger partial charge on any atom is 0.130 e. The normalized spacial score (nSPS) is 11.7. The van der Waals surface area contributed by atoms with Crippen LogP contribution in [0, 0.1) is 23.5 Å². The number of benzene rings is 4. The fourth-order valence-electron chi connectivity index (χ4n) is 4.39. The molecule has 0 unspecified atom stereocenters. The molecule has 3 heterocycles. The van der Waals surface area contributed by atoms with Crippen LogP contribution in [0.5, 0.6) is 0 Å². The van der Waals surface area contributed by atoms with Gasteiger partial charge in [-0.1, -0.05) is 71.6 Å². The molecule has 1 radical (unpaired) electrons. The summed E-state index contributed by atoms with van der Waals surface area (Å²) >= 11 is 0. The summed E-state index contributed by atoms with van der Waals surface area (Å²) in [5.74, 6) is 0. The fourth-order valence-corrected chi connectivity index (χ4v) is 4.39. The Balaban J connectivity index is 0.000000248. The second kappa shape index (κ2) is 12.3. The van der Waals surface area contributed by atoms with Crippen LogP contribution in [0.1, 0.15) is 11.0 Å². The van der Waals surface area contributed by atoms with E-state index < -0.39 is 6.04 Å². The Morgan fingerprint density at radius 3 is 2.35 bits per heavy atom. The quantitative estimate of drug-likeness (QED) is 0.174. The topological polar surface area (TPSA) is 62.7 Å². The number of rotatable bonds is 3. The summed E-state index contributed by atoms with van der Waals surface area (Å²) in [6, 6.07) is 37.6. The summed E-state index contributed by atoms with van der Waals surface area (Å²) in [6.45, 7) is 0. The number of furan rings is 1. The van der Waals surface area contributed by atoms with Crippen molar-refractivity contribution in [1.82, 2.24) is 9.97 Å². The zero-order chi connectivity index (χ0) is 29.9. The van der Waals surface area contributed by atoms with Gasteiger partial charge in [-0.25, -0.2) is 0 Å². The van der Waals surface area contributed by atoms with Crippen LogP contribution in [0.3, 0.4) is 0 Å². The average molecular weight is 696 g/mol. The Morgan fingerprint density at radius 1 is 0.750 bits per heavy atom. The molecule has 0 atom stereocenters. The number of nitriles is 1. The van der Waals surface area contributed by atoms with E-state index in [-0.39, 0.29) is 44.1 Å². The number of aromatic nitrogens is 2. The molecule has 4 aromatic carbocycles. The van der Waals surface area contributed by atoms with E-state index in [9.17, 15) is 5.26 Å². The largest absolute Gasteiger partial charge is 0.500 e. The molecule has 0 N–H and O–H groups in total. The van der Waals surface area contributed by atoms with Gasteiger partial charge in [-0.2, -0.15) is 5.26 Å². The van der Waals surface area contributed by atoms with Gasteiger partial charge in [0, 0.05) is 43.4 Å². The molecular weight excluding hydrogens is 671 g/mol. The molecule has 0 aliphatic rings. The molecule has 0 amide bonds. The first kappa shape index (κ1) is 22.0. The number of pyridine rings is 2. The van der Waals surface area contributed by atoms with Gasteiger partial charge >= 0.3 is 0 Å².